The zero-order valence-electron chi connectivity index (χ0n) is 15.5. The summed E-state index contributed by atoms with van der Waals surface area (Å²) in [5, 5.41) is 7.55. The van der Waals surface area contributed by atoms with Crippen molar-refractivity contribution in [3.8, 4) is 5.69 Å². The number of piperazine rings is 1. The van der Waals surface area contributed by atoms with Crippen molar-refractivity contribution in [1.29, 1.82) is 0 Å². The van der Waals surface area contributed by atoms with Gasteiger partial charge in [0.15, 0.2) is 0 Å². The Hall–Kier alpha value is -3.19. The van der Waals surface area contributed by atoms with Crippen LogP contribution in [0.1, 0.15) is 5.69 Å². The van der Waals surface area contributed by atoms with Gasteiger partial charge in [-0.1, -0.05) is 18.2 Å². The molecule has 4 aromatic rings. The summed E-state index contributed by atoms with van der Waals surface area (Å²) in [5.41, 5.74) is 3.04. The number of hydrogen-bond acceptors (Lipinski definition) is 4. The molecular weight excluding hydrogens is 357 g/mol. The molecule has 5 rings (SSSR count). The topological polar surface area (TPSA) is 66.0 Å². The van der Waals surface area contributed by atoms with Crippen molar-refractivity contribution in [2.75, 3.05) is 31.1 Å². The summed E-state index contributed by atoms with van der Waals surface area (Å²) in [5.74, 6) is -0.297. The summed E-state index contributed by atoms with van der Waals surface area (Å²) >= 11 is 0. The molecular formula is C21H20FN5O. The molecule has 28 heavy (non-hydrogen) atoms. The van der Waals surface area contributed by atoms with Gasteiger partial charge in [-0.25, -0.2) is 9.07 Å². The number of rotatable bonds is 2. The van der Waals surface area contributed by atoms with Crippen molar-refractivity contribution in [2.45, 2.75) is 6.92 Å². The van der Waals surface area contributed by atoms with Crippen LogP contribution in [0.15, 0.2) is 47.3 Å². The number of aromatic amines is 1. The third-order valence-corrected chi connectivity index (χ3v) is 5.35. The van der Waals surface area contributed by atoms with E-state index in [9.17, 15) is 9.18 Å². The van der Waals surface area contributed by atoms with Gasteiger partial charge < -0.3 is 10.2 Å². The molecule has 0 radical (unpaired) electrons. The molecule has 6 nitrogen and oxygen atoms in total. The lowest BCUT2D eigenvalue weighted by atomic mass is 10.1. The van der Waals surface area contributed by atoms with Gasteiger partial charge in [0.2, 0.25) is 0 Å². The Bertz CT molecular complexity index is 1240. The van der Waals surface area contributed by atoms with Crippen LogP contribution in [-0.4, -0.2) is 40.9 Å². The van der Waals surface area contributed by atoms with Crippen LogP contribution in [0.5, 0.6) is 0 Å². The first-order valence-corrected chi connectivity index (χ1v) is 9.39. The lowest BCUT2D eigenvalue weighted by Gasteiger charge is -2.29. The highest BCUT2D eigenvalue weighted by Crippen LogP contribution is 2.30. The SMILES string of the molecule is Cc1nc2cc(N3CCNCC3)c(F)cc2c2[nH]n(-c3ccccc3)c(=O)c12. The summed E-state index contributed by atoms with van der Waals surface area (Å²) < 4.78 is 16.5. The van der Waals surface area contributed by atoms with Gasteiger partial charge in [0.05, 0.1) is 33.5 Å². The second-order valence-electron chi connectivity index (χ2n) is 7.09. The van der Waals surface area contributed by atoms with Crippen molar-refractivity contribution in [1.82, 2.24) is 20.1 Å². The Morgan fingerprint density at radius 2 is 1.86 bits per heavy atom. The zero-order chi connectivity index (χ0) is 19.3. The number of hydrogen-bond donors (Lipinski definition) is 2. The monoisotopic (exact) mass is 377 g/mol. The molecule has 1 fully saturated rings. The first-order chi connectivity index (χ1) is 13.6. The number of halogens is 1. The summed E-state index contributed by atoms with van der Waals surface area (Å²) in [4.78, 5) is 19.6. The molecule has 0 atom stereocenters. The van der Waals surface area contributed by atoms with E-state index in [1.54, 1.807) is 6.07 Å². The van der Waals surface area contributed by atoms with E-state index in [1.165, 1.54) is 10.7 Å². The van der Waals surface area contributed by atoms with Crippen LogP contribution in [0.3, 0.4) is 0 Å². The van der Waals surface area contributed by atoms with Gasteiger partial charge in [0.1, 0.15) is 5.82 Å². The average molecular weight is 377 g/mol. The van der Waals surface area contributed by atoms with Gasteiger partial charge in [-0.2, -0.15) is 0 Å². The predicted octanol–water partition coefficient (Wildman–Crippen LogP) is 2.72. The summed E-state index contributed by atoms with van der Waals surface area (Å²) in [7, 11) is 0. The molecule has 0 saturated carbocycles. The smallest absolute Gasteiger partial charge is 0.280 e. The normalized spacial score (nSPS) is 14.9. The molecule has 3 heterocycles. The van der Waals surface area contributed by atoms with E-state index in [1.807, 2.05) is 42.2 Å². The quantitative estimate of drug-likeness (QED) is 0.564. The maximum absolute atomic E-state index is 15.0. The largest absolute Gasteiger partial charge is 0.367 e. The zero-order valence-corrected chi connectivity index (χ0v) is 15.5. The first-order valence-electron chi connectivity index (χ1n) is 9.39. The van der Waals surface area contributed by atoms with E-state index in [2.05, 4.69) is 15.4 Å². The summed E-state index contributed by atoms with van der Waals surface area (Å²) in [6.07, 6.45) is 0. The van der Waals surface area contributed by atoms with Gasteiger partial charge in [-0.3, -0.25) is 14.9 Å². The second kappa shape index (κ2) is 6.45. The molecule has 0 bridgehead atoms. The van der Waals surface area contributed by atoms with E-state index in [-0.39, 0.29) is 11.4 Å². The number of anilines is 1. The van der Waals surface area contributed by atoms with E-state index in [4.69, 9.17) is 0 Å². The lowest BCUT2D eigenvalue weighted by molar-refractivity contribution is 0.567. The first kappa shape index (κ1) is 16.9. The highest BCUT2D eigenvalue weighted by molar-refractivity contribution is 6.05. The number of benzene rings is 2. The van der Waals surface area contributed by atoms with Gasteiger partial charge in [-0.15, -0.1) is 0 Å². The number of aryl methyl sites for hydroxylation is 1. The van der Waals surface area contributed by atoms with Crippen LogP contribution in [0.4, 0.5) is 10.1 Å². The van der Waals surface area contributed by atoms with Crippen LogP contribution in [0, 0.1) is 12.7 Å². The standard InChI is InChI=1S/C21H20FN5O/c1-13-19-20(25-27(21(19)28)14-5-3-2-4-6-14)15-11-16(22)18(12-17(15)24-13)26-9-7-23-8-10-26/h2-6,11-12,23,25H,7-10H2,1H3. The van der Waals surface area contributed by atoms with Gasteiger partial charge in [0, 0.05) is 31.6 Å². The minimum absolute atomic E-state index is 0.181. The lowest BCUT2D eigenvalue weighted by Crippen LogP contribution is -2.43. The average Bonchev–Trinajstić information content (AvgIpc) is 3.08. The van der Waals surface area contributed by atoms with Crippen LogP contribution in [0.2, 0.25) is 0 Å². The molecule has 0 unspecified atom stereocenters. The molecule has 7 heteroatoms. The Labute approximate surface area is 160 Å². The van der Waals surface area contributed by atoms with Crippen LogP contribution >= 0.6 is 0 Å². The molecule has 2 N–H and O–H groups in total. The van der Waals surface area contributed by atoms with Crippen molar-refractivity contribution in [3.63, 3.8) is 0 Å². The number of nitrogens with zero attached hydrogens (tertiary/aromatic N) is 3. The molecule has 1 saturated heterocycles. The third-order valence-electron chi connectivity index (χ3n) is 5.35. The Balaban J connectivity index is 1.75. The van der Waals surface area contributed by atoms with Gasteiger partial charge >= 0.3 is 0 Å². The van der Waals surface area contributed by atoms with Crippen LogP contribution < -0.4 is 15.8 Å². The number of pyridine rings is 1. The third kappa shape index (κ3) is 2.58. The predicted molar refractivity (Wildman–Crippen MR) is 109 cm³/mol. The van der Waals surface area contributed by atoms with Crippen LogP contribution in [0.25, 0.3) is 27.5 Å². The molecule has 0 spiro atoms. The Morgan fingerprint density at radius 1 is 1.11 bits per heavy atom. The molecule has 1 aliphatic rings. The fraction of sp³-hybridized carbons (Fsp3) is 0.238. The molecule has 2 aromatic carbocycles. The fourth-order valence-electron chi connectivity index (χ4n) is 3.95. The maximum Gasteiger partial charge on any atom is 0.280 e. The van der Waals surface area contributed by atoms with Crippen molar-refractivity contribution < 1.29 is 4.39 Å². The number of nitrogens with one attached hydrogen (secondary N) is 2. The molecule has 0 amide bonds. The number of para-hydroxylation sites is 1. The number of H-pyrrole nitrogens is 1. The molecule has 1 aliphatic heterocycles. The maximum atomic E-state index is 15.0. The van der Waals surface area contributed by atoms with Crippen LogP contribution in [-0.2, 0) is 0 Å². The van der Waals surface area contributed by atoms with Crippen molar-refractivity contribution in [2.24, 2.45) is 0 Å². The van der Waals surface area contributed by atoms with E-state index in [0.29, 0.717) is 33.2 Å². The van der Waals surface area contributed by atoms with Gasteiger partial charge in [0.25, 0.3) is 5.56 Å². The minimum Gasteiger partial charge on any atom is -0.367 e. The van der Waals surface area contributed by atoms with Crippen molar-refractivity contribution in [3.05, 3.63) is 64.3 Å². The second-order valence-corrected chi connectivity index (χ2v) is 7.09. The fourth-order valence-corrected chi connectivity index (χ4v) is 3.95. The van der Waals surface area contributed by atoms with Gasteiger partial charge in [-0.05, 0) is 31.2 Å². The Morgan fingerprint density at radius 3 is 2.61 bits per heavy atom. The summed E-state index contributed by atoms with van der Waals surface area (Å²) in [6.45, 7) is 4.99. The minimum atomic E-state index is -0.297. The Kier molecular flexibility index (Phi) is 3.91. The molecule has 142 valence electrons. The highest BCUT2D eigenvalue weighted by atomic mass is 19.1. The number of fused-ring (bicyclic) bond motifs is 3. The van der Waals surface area contributed by atoms with E-state index in [0.717, 1.165) is 31.9 Å². The molecule has 2 aromatic heterocycles. The molecule has 0 aliphatic carbocycles. The number of aromatic nitrogens is 3. The highest BCUT2D eigenvalue weighted by Gasteiger charge is 2.20. The summed E-state index contributed by atoms with van der Waals surface area (Å²) in [6, 6.07) is 12.6. The van der Waals surface area contributed by atoms with E-state index < -0.39 is 0 Å². The van der Waals surface area contributed by atoms with E-state index >= 15 is 0 Å². The van der Waals surface area contributed by atoms with Crippen molar-refractivity contribution >= 4 is 27.5 Å².